The summed E-state index contributed by atoms with van der Waals surface area (Å²) in [6.07, 6.45) is 2.82. The number of amides is 1. The number of rotatable bonds is 4. The highest BCUT2D eigenvalue weighted by atomic mass is 19.1. The molecule has 0 bridgehead atoms. The molecule has 3 heterocycles. The number of nitrogen functional groups attached to an aromatic ring is 1. The quantitative estimate of drug-likeness (QED) is 0.514. The van der Waals surface area contributed by atoms with Gasteiger partial charge >= 0.3 is 0 Å². The SMILES string of the molecule is C=C(F)C(=O)N1CCC[C@@H](n2nc(C#CCOc3ccccc3)c3c(N)ncnc32)C1. The van der Waals surface area contributed by atoms with Crippen LogP contribution in [0.5, 0.6) is 5.75 Å². The summed E-state index contributed by atoms with van der Waals surface area (Å²) in [4.78, 5) is 21.9. The molecular formula is C22H21FN6O2. The zero-order valence-corrected chi connectivity index (χ0v) is 16.8. The third-order valence-corrected chi connectivity index (χ3v) is 5.04. The van der Waals surface area contributed by atoms with Gasteiger partial charge in [-0.1, -0.05) is 30.7 Å². The van der Waals surface area contributed by atoms with Gasteiger partial charge < -0.3 is 15.4 Å². The second-order valence-electron chi connectivity index (χ2n) is 7.11. The van der Waals surface area contributed by atoms with Crippen molar-refractivity contribution in [3.63, 3.8) is 0 Å². The summed E-state index contributed by atoms with van der Waals surface area (Å²) < 4.78 is 20.6. The van der Waals surface area contributed by atoms with Gasteiger partial charge in [-0.2, -0.15) is 5.10 Å². The first-order valence-electron chi connectivity index (χ1n) is 9.83. The first-order chi connectivity index (χ1) is 15.0. The van der Waals surface area contributed by atoms with Crippen molar-refractivity contribution in [2.45, 2.75) is 18.9 Å². The Labute approximate surface area is 178 Å². The van der Waals surface area contributed by atoms with E-state index in [0.29, 0.717) is 36.2 Å². The molecule has 1 amide bonds. The number of hydrogen-bond acceptors (Lipinski definition) is 6. The number of para-hydroxylation sites is 1. The molecule has 2 N–H and O–H groups in total. The Morgan fingerprint density at radius 1 is 1.32 bits per heavy atom. The number of carbonyl (C=O) groups excluding carboxylic acids is 1. The largest absolute Gasteiger partial charge is 0.481 e. The van der Waals surface area contributed by atoms with Crippen LogP contribution in [0.3, 0.4) is 0 Å². The standard InChI is InChI=1S/C22H21FN6O2/c1-15(23)22(30)28-11-5-7-16(13-28)29-21-19(20(24)25-14-26-21)18(27-29)10-6-12-31-17-8-3-2-4-9-17/h2-4,8-9,14,16H,1,5,7,11-13H2,(H2,24,25,26)/t16-/m1/s1. The second-order valence-corrected chi connectivity index (χ2v) is 7.11. The third-order valence-electron chi connectivity index (χ3n) is 5.04. The lowest BCUT2D eigenvalue weighted by Crippen LogP contribution is -2.41. The van der Waals surface area contributed by atoms with Crippen LogP contribution in [0.2, 0.25) is 0 Å². The van der Waals surface area contributed by atoms with Gasteiger partial charge in [0.15, 0.2) is 11.5 Å². The van der Waals surface area contributed by atoms with Crippen molar-refractivity contribution in [2.24, 2.45) is 0 Å². The number of anilines is 1. The molecule has 31 heavy (non-hydrogen) atoms. The van der Waals surface area contributed by atoms with Gasteiger partial charge in [-0.05, 0) is 30.9 Å². The summed E-state index contributed by atoms with van der Waals surface area (Å²) in [5, 5.41) is 5.16. The van der Waals surface area contributed by atoms with Gasteiger partial charge in [-0.25, -0.2) is 19.0 Å². The van der Waals surface area contributed by atoms with E-state index >= 15 is 0 Å². The maximum absolute atomic E-state index is 13.3. The average molecular weight is 420 g/mol. The molecule has 1 aliphatic rings. The number of hydrogen-bond donors (Lipinski definition) is 1. The zero-order valence-electron chi connectivity index (χ0n) is 16.8. The highest BCUT2D eigenvalue weighted by molar-refractivity contribution is 5.91. The van der Waals surface area contributed by atoms with E-state index in [2.05, 4.69) is 33.5 Å². The molecular weight excluding hydrogens is 399 g/mol. The number of fused-ring (bicyclic) bond motifs is 1. The van der Waals surface area contributed by atoms with Gasteiger partial charge in [0.1, 0.15) is 30.2 Å². The van der Waals surface area contributed by atoms with Crippen molar-refractivity contribution >= 4 is 22.8 Å². The predicted molar refractivity (Wildman–Crippen MR) is 114 cm³/mol. The molecule has 1 fully saturated rings. The molecule has 1 atom stereocenters. The third kappa shape index (κ3) is 4.33. The fourth-order valence-corrected chi connectivity index (χ4v) is 3.60. The van der Waals surface area contributed by atoms with Crippen LogP contribution in [0.15, 0.2) is 49.1 Å². The number of piperidine rings is 1. The van der Waals surface area contributed by atoms with Gasteiger partial charge in [-0.15, -0.1) is 0 Å². The molecule has 158 valence electrons. The zero-order chi connectivity index (χ0) is 21.8. The minimum Gasteiger partial charge on any atom is -0.481 e. The molecule has 3 aromatic rings. The van der Waals surface area contributed by atoms with Crippen LogP contribution < -0.4 is 10.5 Å². The molecule has 0 radical (unpaired) electrons. The topological polar surface area (TPSA) is 99.2 Å². The normalized spacial score (nSPS) is 15.9. The average Bonchev–Trinajstić information content (AvgIpc) is 3.17. The number of halogens is 1. The molecule has 1 aliphatic heterocycles. The van der Waals surface area contributed by atoms with Crippen molar-refractivity contribution in [3.8, 4) is 17.6 Å². The Kier molecular flexibility index (Phi) is 5.80. The van der Waals surface area contributed by atoms with Crippen LogP contribution in [-0.2, 0) is 4.79 Å². The minimum atomic E-state index is -0.970. The number of aromatic nitrogens is 4. The molecule has 0 aliphatic carbocycles. The van der Waals surface area contributed by atoms with Crippen LogP contribution in [0, 0.1) is 11.8 Å². The van der Waals surface area contributed by atoms with Crippen LogP contribution in [0.1, 0.15) is 24.6 Å². The van der Waals surface area contributed by atoms with Crippen LogP contribution in [-0.4, -0.2) is 50.3 Å². The fourth-order valence-electron chi connectivity index (χ4n) is 3.60. The summed E-state index contributed by atoms with van der Waals surface area (Å²) in [6.45, 7) is 4.06. The van der Waals surface area contributed by atoms with E-state index in [1.807, 2.05) is 30.3 Å². The van der Waals surface area contributed by atoms with E-state index in [0.717, 1.165) is 12.2 Å². The maximum atomic E-state index is 13.3. The molecule has 1 aromatic carbocycles. The monoisotopic (exact) mass is 420 g/mol. The van der Waals surface area contributed by atoms with E-state index in [1.54, 1.807) is 4.68 Å². The fraction of sp³-hybridized carbons (Fsp3) is 0.273. The number of nitrogens with two attached hydrogens (primary N) is 1. The van der Waals surface area contributed by atoms with E-state index in [1.165, 1.54) is 11.2 Å². The van der Waals surface area contributed by atoms with E-state index < -0.39 is 11.7 Å². The van der Waals surface area contributed by atoms with Crippen molar-refractivity contribution in [2.75, 3.05) is 25.4 Å². The van der Waals surface area contributed by atoms with Gasteiger partial charge in [0.05, 0.1) is 11.4 Å². The maximum Gasteiger partial charge on any atom is 0.282 e. The summed E-state index contributed by atoms with van der Waals surface area (Å²) in [5.41, 5.74) is 7.04. The first kappa shape index (κ1) is 20.3. The molecule has 0 unspecified atom stereocenters. The van der Waals surface area contributed by atoms with Crippen molar-refractivity contribution in [1.82, 2.24) is 24.6 Å². The van der Waals surface area contributed by atoms with Crippen LogP contribution in [0.4, 0.5) is 10.2 Å². The Morgan fingerprint density at radius 3 is 2.90 bits per heavy atom. The summed E-state index contributed by atoms with van der Waals surface area (Å²) >= 11 is 0. The lowest BCUT2D eigenvalue weighted by Gasteiger charge is -2.32. The Hall–Kier alpha value is -3.93. The highest BCUT2D eigenvalue weighted by Gasteiger charge is 2.29. The summed E-state index contributed by atoms with van der Waals surface area (Å²) in [7, 11) is 0. The lowest BCUT2D eigenvalue weighted by molar-refractivity contribution is -0.130. The van der Waals surface area contributed by atoms with Crippen LogP contribution >= 0.6 is 0 Å². The van der Waals surface area contributed by atoms with Gasteiger partial charge in [0.25, 0.3) is 5.91 Å². The number of likely N-dealkylation sites (tertiary alicyclic amines) is 1. The first-order valence-corrected chi connectivity index (χ1v) is 9.83. The van der Waals surface area contributed by atoms with Crippen molar-refractivity contribution in [1.29, 1.82) is 0 Å². The summed E-state index contributed by atoms with van der Waals surface area (Å²) in [6, 6.07) is 9.17. The molecule has 0 saturated carbocycles. The van der Waals surface area contributed by atoms with Gasteiger partial charge in [0.2, 0.25) is 0 Å². The Bertz CT molecular complexity index is 1180. The molecule has 1 saturated heterocycles. The molecule has 2 aromatic heterocycles. The van der Waals surface area contributed by atoms with Crippen molar-refractivity contribution in [3.05, 3.63) is 54.8 Å². The molecule has 4 rings (SSSR count). The molecule has 8 nitrogen and oxygen atoms in total. The minimum absolute atomic E-state index is 0.177. The van der Waals surface area contributed by atoms with Crippen LogP contribution in [0.25, 0.3) is 11.0 Å². The predicted octanol–water partition coefficient (Wildman–Crippen LogP) is 2.49. The summed E-state index contributed by atoms with van der Waals surface area (Å²) in [5.74, 6) is 5.25. The number of benzene rings is 1. The van der Waals surface area contributed by atoms with Gasteiger partial charge in [-0.3, -0.25) is 4.79 Å². The van der Waals surface area contributed by atoms with E-state index in [4.69, 9.17) is 10.5 Å². The van der Waals surface area contributed by atoms with Gasteiger partial charge in [0, 0.05) is 13.1 Å². The number of nitrogens with zero attached hydrogens (tertiary/aromatic N) is 5. The number of carbonyl (C=O) groups is 1. The smallest absolute Gasteiger partial charge is 0.282 e. The van der Waals surface area contributed by atoms with Crippen molar-refractivity contribution < 1.29 is 13.9 Å². The molecule has 0 spiro atoms. The second kappa shape index (κ2) is 8.83. The Morgan fingerprint density at radius 2 is 2.13 bits per heavy atom. The highest BCUT2D eigenvalue weighted by Crippen LogP contribution is 2.28. The number of ether oxygens (including phenoxy) is 1. The van der Waals surface area contributed by atoms with E-state index in [9.17, 15) is 9.18 Å². The lowest BCUT2D eigenvalue weighted by atomic mass is 10.1. The molecule has 9 heteroatoms. The Balaban J connectivity index is 1.61. The van der Waals surface area contributed by atoms with E-state index in [-0.39, 0.29) is 18.5 Å².